The summed E-state index contributed by atoms with van der Waals surface area (Å²) in [7, 11) is 0. The predicted octanol–water partition coefficient (Wildman–Crippen LogP) is 2.46. The van der Waals surface area contributed by atoms with Crippen molar-refractivity contribution in [2.75, 3.05) is 6.61 Å². The predicted molar refractivity (Wildman–Crippen MR) is 52.3 cm³/mol. The number of alkyl halides is 2. The fourth-order valence-corrected chi connectivity index (χ4v) is 1.15. The highest BCUT2D eigenvalue weighted by Gasteiger charge is 2.03. The zero-order valence-corrected chi connectivity index (χ0v) is 8.37. The number of ether oxygens (including phenoxy) is 1. The van der Waals surface area contributed by atoms with E-state index in [2.05, 4.69) is 0 Å². The Balaban J connectivity index is 2.52. The van der Waals surface area contributed by atoms with Gasteiger partial charge in [-0.2, -0.15) is 0 Å². The van der Waals surface area contributed by atoms with Gasteiger partial charge in [0.25, 0.3) is 6.43 Å². The molecule has 0 radical (unpaired) electrons. The largest absolute Gasteiger partial charge is 0.488 e. The van der Waals surface area contributed by atoms with Crippen molar-refractivity contribution in [1.82, 2.24) is 0 Å². The van der Waals surface area contributed by atoms with E-state index in [1.807, 2.05) is 0 Å². The Kier molecular flexibility index (Phi) is 4.21. The lowest BCUT2D eigenvalue weighted by Gasteiger charge is -2.05. The molecule has 1 aromatic carbocycles. The van der Waals surface area contributed by atoms with E-state index in [-0.39, 0.29) is 5.78 Å². The van der Waals surface area contributed by atoms with Gasteiger partial charge in [-0.1, -0.05) is 12.1 Å². The van der Waals surface area contributed by atoms with Gasteiger partial charge in [0.1, 0.15) is 18.1 Å². The molecule has 0 aromatic heterocycles. The minimum absolute atomic E-state index is 0.0660. The molecule has 0 saturated heterocycles. The number of hydrogen-bond donors (Lipinski definition) is 0. The van der Waals surface area contributed by atoms with Gasteiger partial charge in [0.15, 0.2) is 0 Å². The Labute approximate surface area is 86.9 Å². The smallest absolute Gasteiger partial charge is 0.272 e. The number of carbonyl (C=O) groups excluding carboxylic acids is 1. The Morgan fingerprint density at radius 2 is 1.93 bits per heavy atom. The molecule has 0 heterocycles. The van der Waals surface area contributed by atoms with Gasteiger partial charge in [0.05, 0.1) is 0 Å². The van der Waals surface area contributed by atoms with Gasteiger partial charge in [0.2, 0.25) is 0 Å². The van der Waals surface area contributed by atoms with Crippen LogP contribution in [0, 0.1) is 0 Å². The van der Waals surface area contributed by atoms with Crippen LogP contribution in [0.4, 0.5) is 8.78 Å². The van der Waals surface area contributed by atoms with E-state index in [9.17, 15) is 13.6 Å². The van der Waals surface area contributed by atoms with E-state index in [4.69, 9.17) is 4.74 Å². The molecule has 0 atom stereocenters. The van der Waals surface area contributed by atoms with Crippen molar-refractivity contribution >= 4 is 5.78 Å². The lowest BCUT2D eigenvalue weighted by Crippen LogP contribution is -2.06. The average Bonchev–Trinajstić information content (AvgIpc) is 2.16. The zero-order chi connectivity index (χ0) is 11.3. The molecule has 0 aliphatic rings. The van der Waals surface area contributed by atoms with E-state index >= 15 is 0 Å². The molecule has 0 aliphatic heterocycles. The van der Waals surface area contributed by atoms with Crippen LogP contribution in [0.1, 0.15) is 12.5 Å². The van der Waals surface area contributed by atoms with Crippen molar-refractivity contribution in [1.29, 1.82) is 0 Å². The van der Waals surface area contributed by atoms with Gasteiger partial charge >= 0.3 is 0 Å². The van der Waals surface area contributed by atoms with Crippen molar-refractivity contribution in [3.63, 3.8) is 0 Å². The standard InChI is InChI=1S/C11H12F2O2/c1-8(14)6-9-2-4-10(5-3-9)15-7-11(12)13/h2-5,11H,6-7H2,1H3. The summed E-state index contributed by atoms with van der Waals surface area (Å²) in [4.78, 5) is 10.8. The zero-order valence-electron chi connectivity index (χ0n) is 8.37. The Hall–Kier alpha value is -1.45. The minimum atomic E-state index is -2.47. The van der Waals surface area contributed by atoms with Crippen molar-refractivity contribution in [3.8, 4) is 5.75 Å². The maximum Gasteiger partial charge on any atom is 0.272 e. The van der Waals surface area contributed by atoms with Crippen LogP contribution in [0.2, 0.25) is 0 Å². The number of benzene rings is 1. The Morgan fingerprint density at radius 3 is 2.40 bits per heavy atom. The number of carbonyl (C=O) groups is 1. The molecule has 4 heteroatoms. The first-order chi connectivity index (χ1) is 7.08. The van der Waals surface area contributed by atoms with Crippen LogP contribution in [0.3, 0.4) is 0 Å². The average molecular weight is 214 g/mol. The molecule has 0 aliphatic carbocycles. The summed E-state index contributed by atoms with van der Waals surface area (Å²) >= 11 is 0. The lowest BCUT2D eigenvalue weighted by atomic mass is 10.1. The van der Waals surface area contributed by atoms with E-state index in [0.717, 1.165) is 5.56 Å². The third-order valence-electron chi connectivity index (χ3n) is 1.75. The summed E-state index contributed by atoms with van der Waals surface area (Å²) < 4.78 is 28.4. The highest BCUT2D eigenvalue weighted by Crippen LogP contribution is 2.13. The van der Waals surface area contributed by atoms with Gasteiger partial charge < -0.3 is 4.74 Å². The molecule has 82 valence electrons. The van der Waals surface area contributed by atoms with Crippen LogP contribution >= 0.6 is 0 Å². The summed E-state index contributed by atoms with van der Waals surface area (Å²) in [5.41, 5.74) is 0.854. The van der Waals surface area contributed by atoms with Gasteiger partial charge in [-0.3, -0.25) is 4.79 Å². The molecule has 1 rings (SSSR count). The molecule has 0 amide bonds. The molecule has 15 heavy (non-hydrogen) atoms. The number of hydrogen-bond acceptors (Lipinski definition) is 2. The third-order valence-corrected chi connectivity index (χ3v) is 1.75. The Morgan fingerprint density at radius 1 is 1.33 bits per heavy atom. The van der Waals surface area contributed by atoms with Crippen LogP contribution in [-0.2, 0) is 11.2 Å². The SMILES string of the molecule is CC(=O)Cc1ccc(OCC(F)F)cc1. The summed E-state index contributed by atoms with van der Waals surface area (Å²) in [6, 6.07) is 6.56. The molecular weight excluding hydrogens is 202 g/mol. The van der Waals surface area contributed by atoms with E-state index in [1.165, 1.54) is 6.92 Å². The monoisotopic (exact) mass is 214 g/mol. The van der Waals surface area contributed by atoms with E-state index < -0.39 is 13.0 Å². The van der Waals surface area contributed by atoms with Crippen LogP contribution in [0.5, 0.6) is 5.75 Å². The quantitative estimate of drug-likeness (QED) is 0.752. The minimum Gasteiger partial charge on any atom is -0.488 e. The number of halogens is 2. The first kappa shape index (κ1) is 11.6. The summed E-state index contributed by atoms with van der Waals surface area (Å²) in [6.45, 7) is 0.896. The molecule has 0 bridgehead atoms. The van der Waals surface area contributed by atoms with Crippen LogP contribution in [0.25, 0.3) is 0 Å². The Bertz CT molecular complexity index is 320. The highest BCUT2D eigenvalue weighted by atomic mass is 19.3. The first-order valence-electron chi connectivity index (χ1n) is 4.57. The molecule has 0 saturated carbocycles. The molecule has 2 nitrogen and oxygen atoms in total. The normalized spacial score (nSPS) is 10.4. The second-order valence-corrected chi connectivity index (χ2v) is 3.22. The summed E-state index contributed by atoms with van der Waals surface area (Å²) in [5, 5.41) is 0. The van der Waals surface area contributed by atoms with E-state index in [1.54, 1.807) is 24.3 Å². The fraction of sp³-hybridized carbons (Fsp3) is 0.364. The second-order valence-electron chi connectivity index (χ2n) is 3.22. The third kappa shape index (κ3) is 4.54. The molecule has 0 N–H and O–H groups in total. The second kappa shape index (κ2) is 5.44. The lowest BCUT2D eigenvalue weighted by molar-refractivity contribution is -0.116. The fourth-order valence-electron chi connectivity index (χ4n) is 1.15. The number of Topliss-reactive ketones (excluding diaryl/α,β-unsaturated/α-hetero) is 1. The summed E-state index contributed by atoms with van der Waals surface area (Å²) in [6.07, 6.45) is -2.11. The van der Waals surface area contributed by atoms with Crippen LogP contribution in [-0.4, -0.2) is 18.8 Å². The van der Waals surface area contributed by atoms with Gasteiger partial charge in [-0.25, -0.2) is 8.78 Å². The van der Waals surface area contributed by atoms with Crippen LogP contribution < -0.4 is 4.74 Å². The summed E-state index contributed by atoms with van der Waals surface area (Å²) in [5.74, 6) is 0.457. The van der Waals surface area contributed by atoms with Crippen molar-refractivity contribution in [2.45, 2.75) is 19.8 Å². The maximum absolute atomic E-state index is 11.8. The van der Waals surface area contributed by atoms with Crippen molar-refractivity contribution in [3.05, 3.63) is 29.8 Å². The number of rotatable bonds is 5. The highest BCUT2D eigenvalue weighted by molar-refractivity contribution is 5.78. The molecular formula is C11H12F2O2. The molecule has 0 spiro atoms. The van der Waals surface area contributed by atoms with Gasteiger partial charge in [-0.05, 0) is 24.6 Å². The molecule has 0 unspecified atom stereocenters. The molecule has 0 fully saturated rings. The van der Waals surface area contributed by atoms with Gasteiger partial charge in [-0.15, -0.1) is 0 Å². The van der Waals surface area contributed by atoms with Crippen molar-refractivity contribution in [2.24, 2.45) is 0 Å². The van der Waals surface area contributed by atoms with Crippen LogP contribution in [0.15, 0.2) is 24.3 Å². The van der Waals surface area contributed by atoms with Gasteiger partial charge in [0, 0.05) is 6.42 Å². The number of ketones is 1. The topological polar surface area (TPSA) is 26.3 Å². The van der Waals surface area contributed by atoms with Crippen molar-refractivity contribution < 1.29 is 18.3 Å². The molecule has 1 aromatic rings. The first-order valence-corrected chi connectivity index (χ1v) is 4.57. The van der Waals surface area contributed by atoms with E-state index in [0.29, 0.717) is 12.2 Å². The maximum atomic E-state index is 11.8.